The zero-order valence-corrected chi connectivity index (χ0v) is 7.64. The van der Waals surface area contributed by atoms with Crippen molar-refractivity contribution in [2.45, 2.75) is 19.1 Å². The van der Waals surface area contributed by atoms with Gasteiger partial charge in [0.25, 0.3) is 0 Å². The Bertz CT molecular complexity index is 321. The number of hydrogen-bond donors (Lipinski definition) is 2. The zero-order chi connectivity index (χ0) is 10.7. The molecule has 0 aliphatic rings. The molecule has 0 bridgehead atoms. The first-order valence-corrected chi connectivity index (χ1v) is 4.14. The van der Waals surface area contributed by atoms with E-state index in [0.717, 1.165) is 12.1 Å². The van der Waals surface area contributed by atoms with Crippen LogP contribution in [0.2, 0.25) is 0 Å². The lowest BCUT2D eigenvalue weighted by molar-refractivity contribution is -0.130. The highest BCUT2D eigenvalue weighted by Gasteiger charge is 2.21. The Morgan fingerprint density at radius 3 is 2.21 bits per heavy atom. The number of carbonyl (C=O) groups excluding carboxylic acids is 1. The molecule has 4 heteroatoms. The van der Waals surface area contributed by atoms with Crippen LogP contribution in [0.15, 0.2) is 24.3 Å². The van der Waals surface area contributed by atoms with Crippen molar-refractivity contribution in [2.75, 3.05) is 0 Å². The molecular weight excluding hydrogens is 187 g/mol. The van der Waals surface area contributed by atoms with E-state index in [1.807, 2.05) is 0 Å². The number of aliphatic hydroxyl groups is 2. The molecule has 1 aromatic carbocycles. The van der Waals surface area contributed by atoms with E-state index < -0.39 is 23.8 Å². The second kappa shape index (κ2) is 4.30. The third kappa shape index (κ3) is 2.37. The number of halogens is 1. The first kappa shape index (κ1) is 10.8. The summed E-state index contributed by atoms with van der Waals surface area (Å²) in [5, 5.41) is 18.7. The molecule has 0 fully saturated rings. The molecule has 14 heavy (non-hydrogen) atoms. The Kier molecular flexibility index (Phi) is 3.33. The van der Waals surface area contributed by atoms with Crippen LogP contribution in [-0.4, -0.2) is 22.1 Å². The van der Waals surface area contributed by atoms with Gasteiger partial charge in [-0.3, -0.25) is 4.79 Å². The highest BCUT2D eigenvalue weighted by Crippen LogP contribution is 2.17. The molecule has 1 rings (SSSR count). The van der Waals surface area contributed by atoms with Crippen molar-refractivity contribution in [1.29, 1.82) is 0 Å². The average Bonchev–Trinajstić information content (AvgIpc) is 2.16. The fourth-order valence-electron chi connectivity index (χ4n) is 1.06. The number of rotatable bonds is 3. The fourth-order valence-corrected chi connectivity index (χ4v) is 1.06. The molecule has 3 nitrogen and oxygen atoms in total. The summed E-state index contributed by atoms with van der Waals surface area (Å²) in [5.74, 6) is -0.958. The number of aliphatic hydroxyl groups excluding tert-OH is 2. The number of carbonyl (C=O) groups is 1. The Morgan fingerprint density at radius 2 is 1.79 bits per heavy atom. The van der Waals surface area contributed by atoms with Crippen molar-refractivity contribution in [3.63, 3.8) is 0 Å². The smallest absolute Gasteiger partial charge is 0.161 e. The predicted molar refractivity (Wildman–Crippen MR) is 48.0 cm³/mol. The number of hydrogen-bond acceptors (Lipinski definition) is 3. The van der Waals surface area contributed by atoms with Crippen LogP contribution in [0, 0.1) is 5.82 Å². The van der Waals surface area contributed by atoms with Gasteiger partial charge in [0.1, 0.15) is 18.0 Å². The molecule has 76 valence electrons. The van der Waals surface area contributed by atoms with Gasteiger partial charge >= 0.3 is 0 Å². The standard InChI is InChI=1S/C10H11FO3/c1-6(12)9(13)10(14)7-2-4-8(11)5-3-7/h2-5,9-10,13-14H,1H3/t9-,10+/m0/s1. The molecule has 1 aromatic rings. The number of Topliss-reactive ketones (excluding diaryl/α,β-unsaturated/α-hetero) is 1. The molecule has 0 heterocycles. The number of ketones is 1. The first-order chi connectivity index (χ1) is 6.52. The normalized spacial score (nSPS) is 14.9. The van der Waals surface area contributed by atoms with Gasteiger partial charge in [-0.15, -0.1) is 0 Å². The van der Waals surface area contributed by atoms with E-state index in [-0.39, 0.29) is 0 Å². The first-order valence-electron chi connectivity index (χ1n) is 4.14. The molecule has 0 saturated carbocycles. The van der Waals surface area contributed by atoms with Crippen LogP contribution in [0.25, 0.3) is 0 Å². The van der Waals surface area contributed by atoms with Crippen LogP contribution in [-0.2, 0) is 4.79 Å². The summed E-state index contributed by atoms with van der Waals surface area (Å²) in [5.41, 5.74) is 0.314. The molecule has 0 aromatic heterocycles. The van der Waals surface area contributed by atoms with Crippen molar-refractivity contribution in [2.24, 2.45) is 0 Å². The van der Waals surface area contributed by atoms with Gasteiger partial charge in [0.05, 0.1) is 0 Å². The molecule has 0 radical (unpaired) electrons. The van der Waals surface area contributed by atoms with Gasteiger partial charge in [0.15, 0.2) is 5.78 Å². The van der Waals surface area contributed by atoms with Crippen molar-refractivity contribution >= 4 is 5.78 Å². The molecule has 0 unspecified atom stereocenters. The van der Waals surface area contributed by atoms with Crippen LogP contribution in [0.1, 0.15) is 18.6 Å². The van der Waals surface area contributed by atoms with E-state index in [2.05, 4.69) is 0 Å². The fraction of sp³-hybridized carbons (Fsp3) is 0.300. The van der Waals surface area contributed by atoms with E-state index in [9.17, 15) is 19.4 Å². The molecule has 2 atom stereocenters. The summed E-state index contributed by atoms with van der Waals surface area (Å²) in [6.07, 6.45) is -2.76. The third-order valence-electron chi connectivity index (χ3n) is 1.93. The van der Waals surface area contributed by atoms with Crippen LogP contribution >= 0.6 is 0 Å². The molecule has 0 saturated heterocycles. The van der Waals surface area contributed by atoms with Crippen LogP contribution in [0.4, 0.5) is 4.39 Å². The third-order valence-corrected chi connectivity index (χ3v) is 1.93. The van der Waals surface area contributed by atoms with E-state index in [4.69, 9.17) is 0 Å². The highest BCUT2D eigenvalue weighted by molar-refractivity contribution is 5.80. The van der Waals surface area contributed by atoms with Gasteiger partial charge in [0.2, 0.25) is 0 Å². The van der Waals surface area contributed by atoms with E-state index in [1.54, 1.807) is 0 Å². The maximum Gasteiger partial charge on any atom is 0.161 e. The molecule has 0 aliphatic heterocycles. The molecule has 0 aliphatic carbocycles. The van der Waals surface area contributed by atoms with Crippen molar-refractivity contribution in [1.82, 2.24) is 0 Å². The molecule has 0 amide bonds. The Morgan fingerprint density at radius 1 is 1.29 bits per heavy atom. The summed E-state index contributed by atoms with van der Waals surface area (Å²) >= 11 is 0. The van der Waals surface area contributed by atoms with Crippen molar-refractivity contribution in [3.05, 3.63) is 35.6 Å². The van der Waals surface area contributed by atoms with Crippen LogP contribution in [0.5, 0.6) is 0 Å². The topological polar surface area (TPSA) is 57.5 Å². The maximum absolute atomic E-state index is 12.5. The minimum Gasteiger partial charge on any atom is -0.385 e. The van der Waals surface area contributed by atoms with Crippen molar-refractivity contribution in [3.8, 4) is 0 Å². The largest absolute Gasteiger partial charge is 0.385 e. The monoisotopic (exact) mass is 198 g/mol. The second-order valence-electron chi connectivity index (χ2n) is 3.05. The lowest BCUT2D eigenvalue weighted by atomic mass is 10.0. The van der Waals surface area contributed by atoms with Crippen LogP contribution in [0.3, 0.4) is 0 Å². The summed E-state index contributed by atoms with van der Waals surface area (Å²) in [6.45, 7) is 1.18. The lowest BCUT2D eigenvalue weighted by Gasteiger charge is -2.15. The van der Waals surface area contributed by atoms with Gasteiger partial charge in [-0.05, 0) is 24.6 Å². The van der Waals surface area contributed by atoms with E-state index >= 15 is 0 Å². The molecule has 2 N–H and O–H groups in total. The minimum absolute atomic E-state index is 0.314. The average molecular weight is 198 g/mol. The lowest BCUT2D eigenvalue weighted by Crippen LogP contribution is -2.25. The summed E-state index contributed by atoms with van der Waals surface area (Å²) in [4.78, 5) is 10.7. The van der Waals surface area contributed by atoms with Gasteiger partial charge < -0.3 is 10.2 Å². The van der Waals surface area contributed by atoms with E-state index in [1.165, 1.54) is 19.1 Å². The summed E-state index contributed by atoms with van der Waals surface area (Å²) in [6, 6.07) is 4.97. The summed E-state index contributed by atoms with van der Waals surface area (Å²) < 4.78 is 12.5. The molecular formula is C10H11FO3. The second-order valence-corrected chi connectivity index (χ2v) is 3.05. The van der Waals surface area contributed by atoms with Crippen LogP contribution < -0.4 is 0 Å². The van der Waals surface area contributed by atoms with Gasteiger partial charge in [-0.1, -0.05) is 12.1 Å². The van der Waals surface area contributed by atoms with E-state index in [0.29, 0.717) is 5.56 Å². The van der Waals surface area contributed by atoms with Gasteiger partial charge in [-0.25, -0.2) is 4.39 Å². The van der Waals surface area contributed by atoms with Gasteiger partial charge in [-0.2, -0.15) is 0 Å². The SMILES string of the molecule is CC(=O)[C@H](O)[C@H](O)c1ccc(F)cc1. The highest BCUT2D eigenvalue weighted by atomic mass is 19.1. The number of benzene rings is 1. The maximum atomic E-state index is 12.5. The summed E-state index contributed by atoms with van der Waals surface area (Å²) in [7, 11) is 0. The Balaban J connectivity index is 2.84. The quantitative estimate of drug-likeness (QED) is 0.755. The van der Waals surface area contributed by atoms with Crippen molar-refractivity contribution < 1.29 is 19.4 Å². The molecule has 0 spiro atoms. The zero-order valence-electron chi connectivity index (χ0n) is 7.64. The minimum atomic E-state index is -1.46. The Labute approximate surface area is 80.8 Å². The Hall–Kier alpha value is -1.26. The predicted octanol–water partition coefficient (Wildman–Crippen LogP) is 0.809. The van der Waals surface area contributed by atoms with Gasteiger partial charge in [0, 0.05) is 0 Å².